The molecule has 0 rings (SSSR count). The van der Waals surface area contributed by atoms with Gasteiger partial charge in [0.25, 0.3) is 0 Å². The van der Waals surface area contributed by atoms with Crippen LogP contribution >= 0.6 is 0 Å². The number of rotatable bonds is 13. The van der Waals surface area contributed by atoms with Crippen molar-refractivity contribution < 1.29 is 13.2 Å². The predicted molar refractivity (Wildman–Crippen MR) is 102 cm³/mol. The summed E-state index contributed by atoms with van der Waals surface area (Å²) in [4.78, 5) is 0. The molecule has 0 saturated carbocycles. The molecule has 0 amide bonds. The van der Waals surface area contributed by atoms with E-state index in [-0.39, 0.29) is 0 Å². The van der Waals surface area contributed by atoms with Gasteiger partial charge in [-0.15, -0.1) is 0 Å². The zero-order chi connectivity index (χ0) is 17.3. The Morgan fingerprint density at radius 2 is 1.36 bits per heavy atom. The third kappa shape index (κ3) is 22.6. The molecule has 0 aromatic rings. The van der Waals surface area contributed by atoms with Crippen LogP contribution in [0.2, 0.25) is 19.1 Å². The Kier molecular flexibility index (Phi) is 19.7. The highest BCUT2D eigenvalue weighted by atomic mass is 32.2. The topological polar surface area (TPSA) is 46.5 Å². The lowest BCUT2D eigenvalue weighted by Crippen LogP contribution is -2.29. The monoisotopic (exact) mass is 352 g/mol. The summed E-state index contributed by atoms with van der Waals surface area (Å²) < 4.78 is 24.0. The fourth-order valence-electron chi connectivity index (χ4n) is 2.27. The summed E-state index contributed by atoms with van der Waals surface area (Å²) in [5, 5.41) is 0. The SMILES string of the molecule is CCCCCCCC[Si](C)(C)OCC.CCCCCS(=O)O. The summed E-state index contributed by atoms with van der Waals surface area (Å²) in [6.45, 7) is 12.0. The minimum absolute atomic E-state index is 0.438. The molecule has 3 nitrogen and oxygen atoms in total. The van der Waals surface area contributed by atoms with Gasteiger partial charge in [0.05, 0.1) is 0 Å². The van der Waals surface area contributed by atoms with Crippen molar-refractivity contribution in [2.24, 2.45) is 0 Å². The summed E-state index contributed by atoms with van der Waals surface area (Å²) in [6, 6.07) is 1.34. The molecule has 0 fully saturated rings. The molecule has 0 aliphatic rings. The first kappa shape index (κ1) is 24.5. The average Bonchev–Trinajstić information content (AvgIpc) is 2.43. The molecular formula is C17H40O3SSi. The van der Waals surface area contributed by atoms with Gasteiger partial charge < -0.3 is 8.98 Å². The van der Waals surface area contributed by atoms with E-state index in [1.54, 1.807) is 0 Å². The van der Waals surface area contributed by atoms with Crippen LogP contribution in [0.5, 0.6) is 0 Å². The molecule has 1 N–H and O–H groups in total. The number of hydrogen-bond donors (Lipinski definition) is 1. The molecule has 0 radical (unpaired) electrons. The van der Waals surface area contributed by atoms with E-state index < -0.39 is 19.4 Å². The highest BCUT2D eigenvalue weighted by Gasteiger charge is 2.20. The molecule has 5 heteroatoms. The van der Waals surface area contributed by atoms with Crippen molar-refractivity contribution in [1.82, 2.24) is 0 Å². The van der Waals surface area contributed by atoms with Crippen LogP contribution in [0.25, 0.3) is 0 Å². The zero-order valence-corrected chi connectivity index (χ0v) is 17.5. The minimum Gasteiger partial charge on any atom is -0.418 e. The molecule has 0 heterocycles. The summed E-state index contributed by atoms with van der Waals surface area (Å²) in [6.07, 6.45) is 11.4. The zero-order valence-electron chi connectivity index (χ0n) is 15.7. The van der Waals surface area contributed by atoms with E-state index in [0.717, 1.165) is 25.9 Å². The van der Waals surface area contributed by atoms with Crippen LogP contribution in [0.3, 0.4) is 0 Å². The molecule has 136 valence electrons. The van der Waals surface area contributed by atoms with Crippen molar-refractivity contribution in [3.8, 4) is 0 Å². The second-order valence-electron chi connectivity index (χ2n) is 6.44. The van der Waals surface area contributed by atoms with Crippen molar-refractivity contribution in [3.63, 3.8) is 0 Å². The van der Waals surface area contributed by atoms with Gasteiger partial charge in [0.2, 0.25) is 0 Å². The number of unbranched alkanes of at least 4 members (excludes halogenated alkanes) is 7. The molecule has 0 aliphatic heterocycles. The third-order valence-corrected chi connectivity index (χ3v) is 6.86. The Balaban J connectivity index is 0. The maximum atomic E-state index is 9.99. The van der Waals surface area contributed by atoms with E-state index in [2.05, 4.69) is 33.9 Å². The van der Waals surface area contributed by atoms with Gasteiger partial charge in [-0.3, -0.25) is 0 Å². The van der Waals surface area contributed by atoms with Crippen LogP contribution in [0.1, 0.15) is 78.6 Å². The summed E-state index contributed by atoms with van der Waals surface area (Å²) in [7, 11) is -1.27. The van der Waals surface area contributed by atoms with Crippen LogP contribution in [-0.2, 0) is 15.5 Å². The lowest BCUT2D eigenvalue weighted by molar-refractivity contribution is 0.327. The second-order valence-corrected chi connectivity index (χ2v) is 11.8. The summed E-state index contributed by atoms with van der Waals surface area (Å²) >= 11 is -1.57. The van der Waals surface area contributed by atoms with Crippen LogP contribution < -0.4 is 0 Å². The van der Waals surface area contributed by atoms with E-state index in [4.69, 9.17) is 8.98 Å². The molecule has 1 atom stereocenters. The van der Waals surface area contributed by atoms with Gasteiger partial charge >= 0.3 is 0 Å². The van der Waals surface area contributed by atoms with Crippen molar-refractivity contribution in [1.29, 1.82) is 0 Å². The normalized spacial score (nSPS) is 12.6. The van der Waals surface area contributed by atoms with Gasteiger partial charge in [0, 0.05) is 12.4 Å². The highest BCUT2D eigenvalue weighted by molar-refractivity contribution is 7.79. The largest absolute Gasteiger partial charge is 0.418 e. The van der Waals surface area contributed by atoms with E-state index in [1.807, 2.05) is 0 Å². The molecule has 0 aliphatic carbocycles. The quantitative estimate of drug-likeness (QED) is 0.252. The molecular weight excluding hydrogens is 312 g/mol. The third-order valence-electron chi connectivity index (χ3n) is 3.59. The van der Waals surface area contributed by atoms with Crippen LogP contribution in [0.4, 0.5) is 0 Å². The van der Waals surface area contributed by atoms with Gasteiger partial charge in [-0.05, 0) is 32.5 Å². The van der Waals surface area contributed by atoms with Gasteiger partial charge in [0.1, 0.15) is 0 Å². The van der Waals surface area contributed by atoms with Crippen LogP contribution in [0.15, 0.2) is 0 Å². The van der Waals surface area contributed by atoms with E-state index in [1.165, 1.54) is 44.6 Å². The Morgan fingerprint density at radius 3 is 1.86 bits per heavy atom. The molecule has 1 unspecified atom stereocenters. The fourth-order valence-corrected chi connectivity index (χ4v) is 4.75. The second kappa shape index (κ2) is 17.6. The van der Waals surface area contributed by atoms with Gasteiger partial charge in [-0.25, -0.2) is 4.21 Å². The van der Waals surface area contributed by atoms with E-state index >= 15 is 0 Å². The first-order valence-corrected chi connectivity index (χ1v) is 13.5. The van der Waals surface area contributed by atoms with Crippen molar-refractivity contribution in [2.45, 2.75) is 97.7 Å². The molecule has 0 bridgehead atoms. The van der Waals surface area contributed by atoms with Crippen molar-refractivity contribution in [2.75, 3.05) is 12.4 Å². The molecule has 22 heavy (non-hydrogen) atoms. The van der Waals surface area contributed by atoms with Crippen LogP contribution in [0, 0.1) is 0 Å². The van der Waals surface area contributed by atoms with Crippen LogP contribution in [-0.4, -0.2) is 29.4 Å². The summed E-state index contributed by atoms with van der Waals surface area (Å²) in [5.41, 5.74) is 0. The maximum Gasteiger partial charge on any atom is 0.186 e. The molecule has 0 aromatic heterocycles. The molecule has 0 aromatic carbocycles. The fraction of sp³-hybridized carbons (Fsp3) is 1.00. The van der Waals surface area contributed by atoms with Gasteiger partial charge in [-0.1, -0.05) is 65.2 Å². The Hall–Kier alpha value is 0.287. The van der Waals surface area contributed by atoms with Crippen molar-refractivity contribution >= 4 is 19.4 Å². The molecule has 0 saturated heterocycles. The van der Waals surface area contributed by atoms with Crippen molar-refractivity contribution in [3.05, 3.63) is 0 Å². The Bertz CT molecular complexity index is 248. The van der Waals surface area contributed by atoms with Gasteiger partial charge in [-0.2, -0.15) is 0 Å². The van der Waals surface area contributed by atoms with E-state index in [9.17, 15) is 4.21 Å². The van der Waals surface area contributed by atoms with Gasteiger partial charge in [0.15, 0.2) is 19.4 Å². The molecule has 0 spiro atoms. The minimum atomic E-state index is -1.57. The first-order valence-electron chi connectivity index (χ1n) is 9.11. The van der Waals surface area contributed by atoms with E-state index in [0.29, 0.717) is 5.75 Å². The highest BCUT2D eigenvalue weighted by Crippen LogP contribution is 2.16. The standard InChI is InChI=1S/C12H28OSi.C5H12O2S/c1-5-7-8-9-10-11-12-14(3,4)13-6-2;1-2-3-4-5-8(6)7/h5-12H2,1-4H3;2-5H2,1H3,(H,6,7). The maximum absolute atomic E-state index is 9.99. The first-order chi connectivity index (χ1) is 10.4. The Labute approximate surface area is 143 Å². The lowest BCUT2D eigenvalue weighted by atomic mass is 10.1. The smallest absolute Gasteiger partial charge is 0.186 e. The summed E-state index contributed by atoms with van der Waals surface area (Å²) in [5.74, 6) is 0.438. The average molecular weight is 353 g/mol. The lowest BCUT2D eigenvalue weighted by Gasteiger charge is -2.21. The number of hydrogen-bond acceptors (Lipinski definition) is 2. The Morgan fingerprint density at radius 1 is 0.864 bits per heavy atom. The predicted octanol–water partition coefficient (Wildman–Crippen LogP) is 5.99.